The lowest BCUT2D eigenvalue weighted by Crippen LogP contribution is -2.46. The molecule has 3 amide bonds. The minimum atomic E-state index is -0.787. The van der Waals surface area contributed by atoms with Gasteiger partial charge in [0.2, 0.25) is 11.8 Å². The number of amides is 3. The molecule has 190 valence electrons. The van der Waals surface area contributed by atoms with Gasteiger partial charge in [-0.15, -0.1) is 0 Å². The molecule has 3 aromatic carbocycles. The third-order valence-electron chi connectivity index (χ3n) is 6.78. The molecule has 0 radical (unpaired) electrons. The maximum atomic E-state index is 13.3. The SMILES string of the molecule is Cc1cccc(CN2C(=O)OC(c3ccc(NC(=O)Cc4ccccc4)cc3)C2C(=O)NCC2CC2)c1. The van der Waals surface area contributed by atoms with Crippen LogP contribution in [0.4, 0.5) is 10.5 Å². The maximum absolute atomic E-state index is 13.3. The Morgan fingerprint density at radius 3 is 2.38 bits per heavy atom. The van der Waals surface area contributed by atoms with E-state index in [1.165, 1.54) is 4.90 Å². The normalized spacial score (nSPS) is 18.8. The summed E-state index contributed by atoms with van der Waals surface area (Å²) in [6.07, 6.45) is 1.26. The summed E-state index contributed by atoms with van der Waals surface area (Å²) in [5, 5.41) is 5.93. The Morgan fingerprint density at radius 2 is 1.68 bits per heavy atom. The van der Waals surface area contributed by atoms with Crippen molar-refractivity contribution in [2.75, 3.05) is 11.9 Å². The molecule has 7 nitrogen and oxygen atoms in total. The van der Waals surface area contributed by atoms with Crippen molar-refractivity contribution in [2.24, 2.45) is 5.92 Å². The Hall–Kier alpha value is -4.13. The third kappa shape index (κ3) is 6.17. The number of aryl methyl sites for hydroxylation is 1. The van der Waals surface area contributed by atoms with Crippen molar-refractivity contribution >= 4 is 23.6 Å². The second-order valence-corrected chi connectivity index (χ2v) is 9.89. The molecule has 1 aliphatic heterocycles. The molecule has 2 fully saturated rings. The molecule has 0 aromatic heterocycles. The van der Waals surface area contributed by atoms with Crippen molar-refractivity contribution in [1.29, 1.82) is 0 Å². The van der Waals surface area contributed by atoms with Crippen LogP contribution in [-0.4, -0.2) is 35.4 Å². The lowest BCUT2D eigenvalue weighted by molar-refractivity contribution is -0.126. The number of rotatable bonds is 9. The fourth-order valence-corrected chi connectivity index (χ4v) is 4.63. The molecular formula is C30H31N3O4. The van der Waals surface area contributed by atoms with Crippen molar-refractivity contribution in [1.82, 2.24) is 10.2 Å². The van der Waals surface area contributed by atoms with Crippen molar-refractivity contribution < 1.29 is 19.1 Å². The van der Waals surface area contributed by atoms with Crippen LogP contribution < -0.4 is 10.6 Å². The molecule has 2 unspecified atom stereocenters. The number of hydrogen-bond donors (Lipinski definition) is 2. The van der Waals surface area contributed by atoms with E-state index in [0.717, 1.165) is 29.5 Å². The number of nitrogens with one attached hydrogen (secondary N) is 2. The van der Waals surface area contributed by atoms with Gasteiger partial charge in [0.1, 0.15) is 0 Å². The van der Waals surface area contributed by atoms with E-state index in [2.05, 4.69) is 10.6 Å². The Labute approximate surface area is 216 Å². The van der Waals surface area contributed by atoms with Gasteiger partial charge in [0.15, 0.2) is 12.1 Å². The summed E-state index contributed by atoms with van der Waals surface area (Å²) >= 11 is 0. The van der Waals surface area contributed by atoms with Gasteiger partial charge in [-0.1, -0.05) is 72.3 Å². The van der Waals surface area contributed by atoms with E-state index < -0.39 is 18.2 Å². The predicted molar refractivity (Wildman–Crippen MR) is 141 cm³/mol. The van der Waals surface area contributed by atoms with Gasteiger partial charge in [0.05, 0.1) is 13.0 Å². The van der Waals surface area contributed by atoms with E-state index >= 15 is 0 Å². The zero-order valence-electron chi connectivity index (χ0n) is 20.9. The molecule has 1 aliphatic carbocycles. The first-order chi connectivity index (χ1) is 18.0. The van der Waals surface area contributed by atoms with Crippen LogP contribution in [0.5, 0.6) is 0 Å². The quantitative estimate of drug-likeness (QED) is 0.446. The average Bonchev–Trinajstić information content (AvgIpc) is 3.66. The van der Waals surface area contributed by atoms with Crippen LogP contribution >= 0.6 is 0 Å². The van der Waals surface area contributed by atoms with Crippen LogP contribution in [0.1, 0.15) is 41.2 Å². The molecule has 5 rings (SSSR count). The molecule has 37 heavy (non-hydrogen) atoms. The highest BCUT2D eigenvalue weighted by Gasteiger charge is 2.47. The van der Waals surface area contributed by atoms with Gasteiger partial charge in [-0.25, -0.2) is 4.79 Å². The highest BCUT2D eigenvalue weighted by Crippen LogP contribution is 2.35. The molecule has 1 heterocycles. The van der Waals surface area contributed by atoms with Gasteiger partial charge >= 0.3 is 6.09 Å². The average molecular weight is 498 g/mol. The summed E-state index contributed by atoms with van der Waals surface area (Å²) in [4.78, 5) is 40.2. The van der Waals surface area contributed by atoms with Crippen molar-refractivity contribution in [3.63, 3.8) is 0 Å². The fourth-order valence-electron chi connectivity index (χ4n) is 4.63. The topological polar surface area (TPSA) is 87.7 Å². The lowest BCUT2D eigenvalue weighted by Gasteiger charge is -2.24. The Kier molecular flexibility index (Phi) is 7.21. The fraction of sp³-hybridized carbons (Fsp3) is 0.300. The second-order valence-electron chi connectivity index (χ2n) is 9.89. The van der Waals surface area contributed by atoms with Crippen LogP contribution in [0.15, 0.2) is 78.9 Å². The first-order valence-electron chi connectivity index (χ1n) is 12.7. The number of ether oxygens (including phenoxy) is 1. The summed E-state index contributed by atoms with van der Waals surface area (Å²) in [6.45, 7) is 2.89. The number of carbonyl (C=O) groups is 3. The number of benzene rings is 3. The lowest BCUT2D eigenvalue weighted by atomic mass is 10.00. The molecule has 0 bridgehead atoms. The van der Waals surface area contributed by atoms with Gasteiger partial charge in [0, 0.05) is 12.2 Å². The number of anilines is 1. The van der Waals surface area contributed by atoms with Gasteiger partial charge in [-0.2, -0.15) is 0 Å². The van der Waals surface area contributed by atoms with Crippen LogP contribution in [-0.2, 0) is 27.3 Å². The minimum Gasteiger partial charge on any atom is -0.438 e. The van der Waals surface area contributed by atoms with Gasteiger partial charge < -0.3 is 15.4 Å². The van der Waals surface area contributed by atoms with E-state index in [1.807, 2.05) is 61.5 Å². The van der Waals surface area contributed by atoms with Gasteiger partial charge in [0.25, 0.3) is 0 Å². The monoisotopic (exact) mass is 497 g/mol. The number of hydrogen-bond acceptors (Lipinski definition) is 4. The van der Waals surface area contributed by atoms with Crippen LogP contribution in [0.25, 0.3) is 0 Å². The maximum Gasteiger partial charge on any atom is 0.411 e. The van der Waals surface area contributed by atoms with E-state index in [0.29, 0.717) is 23.7 Å². The number of nitrogens with zero attached hydrogens (tertiary/aromatic N) is 1. The molecule has 0 spiro atoms. The van der Waals surface area contributed by atoms with Crippen LogP contribution in [0.2, 0.25) is 0 Å². The Morgan fingerprint density at radius 1 is 0.946 bits per heavy atom. The highest BCUT2D eigenvalue weighted by molar-refractivity contribution is 5.92. The summed E-state index contributed by atoms with van der Waals surface area (Å²) in [7, 11) is 0. The second kappa shape index (κ2) is 10.9. The zero-order chi connectivity index (χ0) is 25.8. The van der Waals surface area contributed by atoms with Crippen molar-refractivity contribution in [2.45, 2.75) is 44.9 Å². The molecule has 2 N–H and O–H groups in total. The predicted octanol–water partition coefficient (Wildman–Crippen LogP) is 4.76. The molecular weight excluding hydrogens is 466 g/mol. The standard InChI is InChI=1S/C30H31N3O4/c1-20-6-5-9-23(16-20)19-33-27(29(35)31-18-22-10-11-22)28(37-30(33)36)24-12-14-25(15-13-24)32-26(34)17-21-7-3-2-4-8-21/h2-9,12-16,22,27-28H,10-11,17-19H2,1H3,(H,31,35)(H,32,34). The van der Waals surface area contributed by atoms with Gasteiger partial charge in [-0.3, -0.25) is 14.5 Å². The molecule has 1 saturated carbocycles. The summed E-state index contributed by atoms with van der Waals surface area (Å²) in [5.41, 5.74) is 4.30. The van der Waals surface area contributed by atoms with E-state index in [4.69, 9.17) is 4.74 Å². The number of cyclic esters (lactones) is 1. The summed E-state index contributed by atoms with van der Waals surface area (Å²) in [5.74, 6) is 0.188. The smallest absolute Gasteiger partial charge is 0.411 e. The molecule has 2 atom stereocenters. The van der Waals surface area contributed by atoms with Crippen molar-refractivity contribution in [3.8, 4) is 0 Å². The van der Waals surface area contributed by atoms with E-state index in [1.54, 1.807) is 24.3 Å². The first kappa shape index (κ1) is 24.6. The minimum absolute atomic E-state index is 0.118. The largest absolute Gasteiger partial charge is 0.438 e. The zero-order valence-corrected chi connectivity index (χ0v) is 20.9. The molecule has 3 aromatic rings. The summed E-state index contributed by atoms with van der Waals surface area (Å²) < 4.78 is 5.76. The van der Waals surface area contributed by atoms with Crippen molar-refractivity contribution in [3.05, 3.63) is 101 Å². The Bertz CT molecular complexity index is 1270. The highest BCUT2D eigenvalue weighted by atomic mass is 16.6. The molecule has 1 saturated heterocycles. The molecule has 2 aliphatic rings. The van der Waals surface area contributed by atoms with Crippen LogP contribution in [0.3, 0.4) is 0 Å². The molecule has 7 heteroatoms. The Balaban J connectivity index is 1.31. The number of carbonyl (C=O) groups excluding carboxylic acids is 3. The van der Waals surface area contributed by atoms with E-state index in [9.17, 15) is 14.4 Å². The first-order valence-corrected chi connectivity index (χ1v) is 12.7. The van der Waals surface area contributed by atoms with E-state index in [-0.39, 0.29) is 24.8 Å². The third-order valence-corrected chi connectivity index (χ3v) is 6.78. The summed E-state index contributed by atoms with van der Waals surface area (Å²) in [6, 6.07) is 23.8. The van der Waals surface area contributed by atoms with Crippen LogP contribution in [0, 0.1) is 12.8 Å². The van der Waals surface area contributed by atoms with Gasteiger partial charge in [-0.05, 0) is 54.5 Å².